The topological polar surface area (TPSA) is 98.1 Å². The van der Waals surface area contributed by atoms with Crippen LogP contribution in [-0.2, 0) is 16.1 Å². The Morgan fingerprint density at radius 3 is 2.42 bits per heavy atom. The minimum atomic E-state index is -5.40. The second-order valence-electron chi connectivity index (χ2n) is 13.4. The van der Waals surface area contributed by atoms with Gasteiger partial charge in [-0.1, -0.05) is 57.9 Å². The number of thioether (sulfide) groups is 1. The molecule has 10 atom stereocenters. The number of benzene rings is 1. The zero-order chi connectivity index (χ0) is 33.3. The number of halogens is 6. The normalized spacial score (nSPS) is 38.1. The van der Waals surface area contributed by atoms with Crippen LogP contribution in [-0.4, -0.2) is 73.1 Å². The molecule has 1 aromatic carbocycles. The van der Waals surface area contributed by atoms with E-state index in [0.29, 0.717) is 11.6 Å². The first-order valence-electron chi connectivity index (χ1n) is 14.6. The molecule has 10 unspecified atom stereocenters. The number of aliphatic hydroxyl groups is 3. The smallest absolute Gasteiger partial charge is 0.390 e. The van der Waals surface area contributed by atoms with Gasteiger partial charge < -0.3 is 15.3 Å². The number of alkyl halides is 5. The highest BCUT2D eigenvalue weighted by atomic mass is 35.5. The van der Waals surface area contributed by atoms with Crippen LogP contribution in [0, 0.1) is 34.5 Å². The van der Waals surface area contributed by atoms with Crippen molar-refractivity contribution in [1.82, 2.24) is 4.67 Å². The largest absolute Gasteiger partial charge is 0.443 e. The molecule has 45 heavy (non-hydrogen) atoms. The number of aliphatic hydroxyl groups excluding tert-OH is 1. The molecule has 3 saturated carbocycles. The highest BCUT2D eigenvalue weighted by Crippen LogP contribution is 2.70. The van der Waals surface area contributed by atoms with Gasteiger partial charge in [-0.15, -0.1) is 0 Å². The third kappa shape index (κ3) is 5.85. The molecule has 5 rings (SSSR count). The van der Waals surface area contributed by atoms with Crippen LogP contribution in [0.1, 0.15) is 38.7 Å². The highest BCUT2D eigenvalue weighted by molar-refractivity contribution is 8.13. The van der Waals surface area contributed by atoms with Crippen LogP contribution in [0.5, 0.6) is 0 Å². The van der Waals surface area contributed by atoms with E-state index >= 15 is 8.78 Å². The molecule has 0 spiro atoms. The van der Waals surface area contributed by atoms with Gasteiger partial charge in [0.15, 0.2) is 16.6 Å². The van der Waals surface area contributed by atoms with Gasteiger partial charge in [0.1, 0.15) is 6.17 Å². The minimum absolute atomic E-state index is 0.0392. The first-order valence-corrected chi connectivity index (χ1v) is 16.5. The zero-order valence-electron chi connectivity index (χ0n) is 24.6. The van der Waals surface area contributed by atoms with Gasteiger partial charge in [-0.25, -0.2) is 8.78 Å². The first kappa shape index (κ1) is 34.9. The lowest BCUT2D eigenvalue weighted by atomic mass is 9.45. The average Bonchev–Trinajstić information content (AvgIpc) is 3.21. The maximum absolute atomic E-state index is 17.6. The van der Waals surface area contributed by atoms with Crippen molar-refractivity contribution in [1.29, 1.82) is 0 Å². The van der Waals surface area contributed by atoms with Gasteiger partial charge in [-0.2, -0.15) is 13.2 Å². The van der Waals surface area contributed by atoms with E-state index in [0.717, 1.165) is 11.6 Å². The van der Waals surface area contributed by atoms with Gasteiger partial charge in [-0.3, -0.25) is 14.3 Å². The van der Waals surface area contributed by atoms with Crippen molar-refractivity contribution in [3.63, 3.8) is 0 Å². The molecule has 0 amide bonds. The molecule has 4 aliphatic rings. The van der Waals surface area contributed by atoms with E-state index in [-0.39, 0.29) is 43.1 Å². The summed E-state index contributed by atoms with van der Waals surface area (Å²) in [5, 5.41) is 30.6. The van der Waals surface area contributed by atoms with Gasteiger partial charge >= 0.3 is 6.18 Å². The standard InChI is InChI=1S/C31H36ClF5NO5PS/c1-27-12-24(40)30(34)21(11-23(33)22-10-19(39)7-8-28(22,30)2)20(27)9-17(14-38(44)13-16-3-5-18(32)6-4-16)25(27)26(41)45-15-29(42,43)31(35,36)37/h3-8,10,17,20-21,23-25,40,42-43H,9,11-15,44H2,1-2H3. The fourth-order valence-corrected chi connectivity index (χ4v) is 10.3. The number of nitrogens with zero attached hydrogens (tertiary/aromatic N) is 1. The SMILES string of the molecule is CC12CC(O)C3(F)C(CC(F)C4=CC(=O)C=CC43C)C1CC(CN(P)Cc1ccc(Cl)cc1)C2C(=O)SCC(O)(O)C(F)(F)F. The van der Waals surface area contributed by atoms with Crippen molar-refractivity contribution in [2.45, 2.75) is 69.6 Å². The van der Waals surface area contributed by atoms with Crippen LogP contribution < -0.4 is 0 Å². The van der Waals surface area contributed by atoms with Crippen molar-refractivity contribution in [3.05, 3.63) is 58.7 Å². The van der Waals surface area contributed by atoms with Crippen LogP contribution in [0.4, 0.5) is 22.0 Å². The fourth-order valence-electron chi connectivity index (χ4n) is 8.56. The molecule has 3 fully saturated rings. The summed E-state index contributed by atoms with van der Waals surface area (Å²) in [7, 11) is 2.56. The Morgan fingerprint density at radius 2 is 1.80 bits per heavy atom. The molecular formula is C31H36ClF5NO5PS. The molecule has 14 heteroatoms. The highest BCUT2D eigenvalue weighted by Gasteiger charge is 2.73. The molecule has 1 aromatic rings. The summed E-state index contributed by atoms with van der Waals surface area (Å²) in [6, 6.07) is 7.07. The minimum Gasteiger partial charge on any atom is -0.390 e. The van der Waals surface area contributed by atoms with E-state index in [4.69, 9.17) is 11.6 Å². The van der Waals surface area contributed by atoms with Gasteiger partial charge in [0, 0.05) is 35.4 Å². The summed E-state index contributed by atoms with van der Waals surface area (Å²) in [6.07, 6.45) is -5.57. The Kier molecular flexibility index (Phi) is 9.26. The second-order valence-corrected chi connectivity index (χ2v) is 15.5. The monoisotopic (exact) mass is 695 g/mol. The van der Waals surface area contributed by atoms with Crippen molar-refractivity contribution in [2.24, 2.45) is 34.5 Å². The summed E-state index contributed by atoms with van der Waals surface area (Å²) >= 11 is 6.14. The van der Waals surface area contributed by atoms with Crippen LogP contribution in [0.15, 0.2) is 48.1 Å². The van der Waals surface area contributed by atoms with Crippen LogP contribution in [0.25, 0.3) is 0 Å². The van der Waals surface area contributed by atoms with Crippen LogP contribution in [0.3, 0.4) is 0 Å². The van der Waals surface area contributed by atoms with E-state index in [2.05, 4.69) is 9.39 Å². The van der Waals surface area contributed by atoms with Crippen molar-refractivity contribution < 1.29 is 46.9 Å². The molecule has 0 aliphatic heterocycles. The first-order chi connectivity index (χ1) is 20.7. The Labute approximate surface area is 269 Å². The van der Waals surface area contributed by atoms with Crippen molar-refractivity contribution in [3.8, 4) is 0 Å². The number of carbonyl (C=O) groups is 2. The molecular weight excluding hydrogens is 660 g/mol. The zero-order valence-corrected chi connectivity index (χ0v) is 27.3. The lowest BCUT2D eigenvalue weighted by Crippen LogP contribution is -2.68. The molecule has 248 valence electrons. The molecule has 6 nitrogen and oxygen atoms in total. The number of carbonyl (C=O) groups excluding carboxylic acids is 2. The van der Waals surface area contributed by atoms with Gasteiger partial charge in [0.2, 0.25) is 0 Å². The third-order valence-corrected chi connectivity index (χ3v) is 12.4. The van der Waals surface area contributed by atoms with E-state index in [9.17, 15) is 38.1 Å². The van der Waals surface area contributed by atoms with Crippen molar-refractivity contribution in [2.75, 3.05) is 12.3 Å². The number of hydrogen-bond donors (Lipinski definition) is 3. The number of ketones is 1. The Hall–Kier alpha value is -1.40. The van der Waals surface area contributed by atoms with E-state index < -0.39 is 81.1 Å². The number of rotatable bonds is 7. The fraction of sp³-hybridized carbons (Fsp3) is 0.613. The van der Waals surface area contributed by atoms with Crippen LogP contribution >= 0.6 is 32.8 Å². The summed E-state index contributed by atoms with van der Waals surface area (Å²) < 4.78 is 74.9. The molecule has 0 bridgehead atoms. The molecule has 4 aliphatic carbocycles. The van der Waals surface area contributed by atoms with Gasteiger partial charge in [-0.05, 0) is 78.9 Å². The summed E-state index contributed by atoms with van der Waals surface area (Å²) in [5.74, 6) is -9.27. The molecule has 3 N–H and O–H groups in total. The Balaban J connectivity index is 1.50. The Bertz CT molecular complexity index is 1410. The predicted molar refractivity (Wildman–Crippen MR) is 163 cm³/mol. The molecule has 0 radical (unpaired) electrons. The van der Waals surface area contributed by atoms with Crippen molar-refractivity contribution >= 4 is 43.7 Å². The van der Waals surface area contributed by atoms with E-state index in [1.165, 1.54) is 19.1 Å². The van der Waals surface area contributed by atoms with Gasteiger partial charge in [0.25, 0.3) is 5.79 Å². The van der Waals surface area contributed by atoms with E-state index in [1.54, 1.807) is 19.1 Å². The summed E-state index contributed by atoms with van der Waals surface area (Å²) in [6.45, 7) is 3.78. The van der Waals surface area contributed by atoms with Crippen LogP contribution in [0.2, 0.25) is 5.02 Å². The maximum atomic E-state index is 17.6. The average molecular weight is 696 g/mol. The quantitative estimate of drug-likeness (QED) is 0.194. The summed E-state index contributed by atoms with van der Waals surface area (Å²) in [5.41, 5.74) is -4.32. The lowest BCUT2D eigenvalue weighted by molar-refractivity contribution is -0.336. The Morgan fingerprint density at radius 1 is 1.16 bits per heavy atom. The van der Waals surface area contributed by atoms with Gasteiger partial charge in [0.05, 0.1) is 11.9 Å². The number of hydrogen-bond acceptors (Lipinski definition) is 7. The number of allylic oxidation sites excluding steroid dienone is 4. The predicted octanol–water partition coefficient (Wildman–Crippen LogP) is 5.60. The number of fused-ring (bicyclic) bond motifs is 5. The summed E-state index contributed by atoms with van der Waals surface area (Å²) in [4.78, 5) is 25.9. The second kappa shape index (κ2) is 11.9. The molecule has 0 aromatic heterocycles. The lowest BCUT2D eigenvalue weighted by Gasteiger charge is -2.62. The molecule has 0 heterocycles. The van der Waals surface area contributed by atoms with E-state index in [1.807, 2.05) is 16.8 Å². The maximum Gasteiger partial charge on any atom is 0.443 e. The molecule has 0 saturated heterocycles. The third-order valence-electron chi connectivity index (χ3n) is 10.7.